The van der Waals surface area contributed by atoms with Gasteiger partial charge in [0.1, 0.15) is 0 Å². The van der Waals surface area contributed by atoms with Crippen LogP contribution < -0.4 is 0 Å². The van der Waals surface area contributed by atoms with Gasteiger partial charge >= 0.3 is 0 Å². The van der Waals surface area contributed by atoms with Crippen LogP contribution in [0, 0.1) is 21.7 Å². The SMILES string of the molecule is CC(CCl)S(=O)(=O)c1c([N+](=O)[O-])ccc(F)c1F. The molecule has 0 aliphatic rings. The molecule has 1 rings (SSSR count). The van der Waals surface area contributed by atoms with Gasteiger partial charge in [-0.1, -0.05) is 0 Å². The first-order chi connectivity index (χ1) is 8.23. The van der Waals surface area contributed by atoms with Crippen LogP contribution in [0.2, 0.25) is 0 Å². The highest BCUT2D eigenvalue weighted by atomic mass is 35.5. The lowest BCUT2D eigenvalue weighted by molar-refractivity contribution is -0.388. The highest BCUT2D eigenvalue weighted by Gasteiger charge is 2.35. The molecule has 0 heterocycles. The number of nitrogens with zero attached hydrogens (tertiary/aromatic N) is 1. The van der Waals surface area contributed by atoms with Crippen molar-refractivity contribution in [2.45, 2.75) is 17.1 Å². The van der Waals surface area contributed by atoms with Gasteiger partial charge in [-0.25, -0.2) is 17.2 Å². The fourth-order valence-electron chi connectivity index (χ4n) is 1.22. The zero-order chi connectivity index (χ0) is 14.1. The zero-order valence-electron chi connectivity index (χ0n) is 9.06. The first-order valence-electron chi connectivity index (χ1n) is 4.65. The Bertz CT molecular complexity index is 590. The monoisotopic (exact) mass is 299 g/mol. The molecule has 1 aromatic carbocycles. The quantitative estimate of drug-likeness (QED) is 0.485. The minimum atomic E-state index is -4.41. The summed E-state index contributed by atoms with van der Waals surface area (Å²) in [5, 5.41) is 9.39. The fraction of sp³-hybridized carbons (Fsp3) is 0.333. The Morgan fingerprint density at radius 2 is 2.00 bits per heavy atom. The molecule has 1 unspecified atom stereocenters. The van der Waals surface area contributed by atoms with Gasteiger partial charge in [-0.05, 0) is 13.0 Å². The van der Waals surface area contributed by atoms with Gasteiger partial charge in [0.25, 0.3) is 5.69 Å². The fourth-order valence-corrected chi connectivity index (χ4v) is 3.07. The third kappa shape index (κ3) is 2.44. The van der Waals surface area contributed by atoms with E-state index in [4.69, 9.17) is 11.6 Å². The van der Waals surface area contributed by atoms with Crippen molar-refractivity contribution in [2.75, 3.05) is 5.88 Å². The highest BCUT2D eigenvalue weighted by molar-refractivity contribution is 7.92. The summed E-state index contributed by atoms with van der Waals surface area (Å²) in [7, 11) is -4.41. The van der Waals surface area contributed by atoms with E-state index in [1.54, 1.807) is 0 Å². The second-order valence-electron chi connectivity index (χ2n) is 3.48. The molecule has 0 amide bonds. The third-order valence-corrected chi connectivity index (χ3v) is 5.09. The molecule has 0 radical (unpaired) electrons. The number of nitro groups is 1. The predicted molar refractivity (Wildman–Crippen MR) is 60.4 cm³/mol. The van der Waals surface area contributed by atoms with Crippen LogP contribution in [-0.4, -0.2) is 24.5 Å². The van der Waals surface area contributed by atoms with Crippen molar-refractivity contribution in [3.63, 3.8) is 0 Å². The van der Waals surface area contributed by atoms with E-state index in [1.165, 1.54) is 0 Å². The molecule has 9 heteroatoms. The second kappa shape index (κ2) is 5.15. The summed E-state index contributed by atoms with van der Waals surface area (Å²) in [6.45, 7) is 1.15. The molecule has 0 bridgehead atoms. The molecule has 1 aromatic rings. The van der Waals surface area contributed by atoms with Crippen molar-refractivity contribution in [3.8, 4) is 0 Å². The van der Waals surface area contributed by atoms with E-state index >= 15 is 0 Å². The number of hydrogen-bond acceptors (Lipinski definition) is 4. The highest BCUT2D eigenvalue weighted by Crippen LogP contribution is 2.31. The molecule has 0 aliphatic carbocycles. The number of sulfone groups is 1. The van der Waals surface area contributed by atoms with Crippen molar-refractivity contribution in [1.29, 1.82) is 0 Å². The van der Waals surface area contributed by atoms with Gasteiger partial charge < -0.3 is 0 Å². The Morgan fingerprint density at radius 3 is 2.44 bits per heavy atom. The molecule has 0 saturated heterocycles. The van der Waals surface area contributed by atoms with Crippen LogP contribution in [0.5, 0.6) is 0 Å². The minimum Gasteiger partial charge on any atom is -0.258 e. The second-order valence-corrected chi connectivity index (χ2v) is 6.09. The molecular formula is C9H8ClF2NO4S. The van der Waals surface area contributed by atoms with E-state index in [0.717, 1.165) is 6.92 Å². The zero-order valence-corrected chi connectivity index (χ0v) is 10.6. The Balaban J connectivity index is 3.67. The number of nitro benzene ring substituents is 1. The van der Waals surface area contributed by atoms with Gasteiger partial charge in [0.2, 0.25) is 0 Å². The Hall–Kier alpha value is -1.28. The molecule has 0 aromatic heterocycles. The van der Waals surface area contributed by atoms with Gasteiger partial charge in [0.05, 0.1) is 10.2 Å². The van der Waals surface area contributed by atoms with E-state index in [9.17, 15) is 27.3 Å². The van der Waals surface area contributed by atoms with Crippen LogP contribution in [0.15, 0.2) is 17.0 Å². The Morgan fingerprint density at radius 1 is 1.44 bits per heavy atom. The summed E-state index contributed by atoms with van der Waals surface area (Å²) >= 11 is 5.35. The maximum absolute atomic E-state index is 13.5. The number of hydrogen-bond donors (Lipinski definition) is 0. The first kappa shape index (κ1) is 14.8. The molecule has 5 nitrogen and oxygen atoms in total. The lowest BCUT2D eigenvalue weighted by Gasteiger charge is -2.11. The summed E-state index contributed by atoms with van der Waals surface area (Å²) < 4.78 is 50.3. The van der Waals surface area contributed by atoms with Crippen molar-refractivity contribution in [2.24, 2.45) is 0 Å². The van der Waals surface area contributed by atoms with Gasteiger partial charge in [-0.2, -0.15) is 0 Å². The van der Waals surface area contributed by atoms with E-state index in [1.807, 2.05) is 0 Å². The van der Waals surface area contributed by atoms with Crippen LogP contribution >= 0.6 is 11.6 Å². The summed E-state index contributed by atoms with van der Waals surface area (Å²) in [6.07, 6.45) is 0. The maximum Gasteiger partial charge on any atom is 0.291 e. The number of benzene rings is 1. The average molecular weight is 300 g/mol. The molecule has 0 aliphatic heterocycles. The van der Waals surface area contributed by atoms with Crippen molar-refractivity contribution < 1.29 is 22.1 Å². The molecular weight excluding hydrogens is 292 g/mol. The summed E-state index contributed by atoms with van der Waals surface area (Å²) in [5.41, 5.74) is -1.01. The maximum atomic E-state index is 13.5. The lowest BCUT2D eigenvalue weighted by Crippen LogP contribution is -2.22. The van der Waals surface area contributed by atoms with Crippen LogP contribution in [0.3, 0.4) is 0 Å². The molecule has 0 fully saturated rings. The number of alkyl halides is 1. The molecule has 1 atom stereocenters. The number of rotatable bonds is 4. The standard InChI is InChI=1S/C9H8ClF2NO4S/c1-5(4-10)18(16,17)9-7(13(14)15)3-2-6(11)8(9)12/h2-3,5H,4H2,1H3. The lowest BCUT2D eigenvalue weighted by atomic mass is 10.3. The van der Waals surface area contributed by atoms with Crippen LogP contribution in [-0.2, 0) is 9.84 Å². The third-order valence-electron chi connectivity index (χ3n) is 2.26. The van der Waals surface area contributed by atoms with Crippen molar-refractivity contribution in [1.82, 2.24) is 0 Å². The van der Waals surface area contributed by atoms with Crippen LogP contribution in [0.1, 0.15) is 6.92 Å². The van der Waals surface area contributed by atoms with E-state index < -0.39 is 48.1 Å². The summed E-state index contributed by atoms with van der Waals surface area (Å²) in [4.78, 5) is 8.31. The minimum absolute atomic E-state index is 0.393. The van der Waals surface area contributed by atoms with E-state index in [-0.39, 0.29) is 0 Å². The van der Waals surface area contributed by atoms with Gasteiger partial charge in [-0.3, -0.25) is 10.1 Å². The van der Waals surface area contributed by atoms with Gasteiger partial charge in [0.15, 0.2) is 26.4 Å². The normalized spacial score (nSPS) is 13.3. The molecule has 0 saturated carbocycles. The van der Waals surface area contributed by atoms with Crippen LogP contribution in [0.4, 0.5) is 14.5 Å². The van der Waals surface area contributed by atoms with Gasteiger partial charge in [-0.15, -0.1) is 11.6 Å². The Kier molecular flexibility index (Phi) is 4.23. The molecule has 18 heavy (non-hydrogen) atoms. The largest absolute Gasteiger partial charge is 0.291 e. The average Bonchev–Trinajstić information content (AvgIpc) is 2.30. The first-order valence-corrected chi connectivity index (χ1v) is 6.73. The molecule has 0 spiro atoms. The molecule has 0 N–H and O–H groups in total. The van der Waals surface area contributed by atoms with Crippen LogP contribution in [0.25, 0.3) is 0 Å². The number of halogens is 3. The molecule has 100 valence electrons. The Labute approximate surface area is 106 Å². The summed E-state index contributed by atoms with van der Waals surface area (Å²) in [6, 6.07) is 1.10. The van der Waals surface area contributed by atoms with Crippen molar-refractivity contribution >= 4 is 27.1 Å². The topological polar surface area (TPSA) is 77.3 Å². The summed E-state index contributed by atoms with van der Waals surface area (Å²) in [5.74, 6) is -3.63. The van der Waals surface area contributed by atoms with Crippen molar-refractivity contribution in [3.05, 3.63) is 33.9 Å². The smallest absolute Gasteiger partial charge is 0.258 e. The predicted octanol–water partition coefficient (Wildman–Crippen LogP) is 2.27. The van der Waals surface area contributed by atoms with E-state index in [2.05, 4.69) is 0 Å². The van der Waals surface area contributed by atoms with E-state index in [0.29, 0.717) is 12.1 Å². The van der Waals surface area contributed by atoms with Gasteiger partial charge in [0, 0.05) is 11.9 Å².